The molecule has 1 unspecified atom stereocenters. The van der Waals surface area contributed by atoms with Crippen molar-refractivity contribution in [2.45, 2.75) is 45.2 Å². The third-order valence-corrected chi connectivity index (χ3v) is 6.30. The van der Waals surface area contributed by atoms with E-state index in [-0.39, 0.29) is 17.6 Å². The van der Waals surface area contributed by atoms with Crippen LogP contribution in [0.4, 0.5) is 0 Å². The molecule has 0 bridgehead atoms. The van der Waals surface area contributed by atoms with Crippen molar-refractivity contribution < 1.29 is 14.7 Å². The highest BCUT2D eigenvalue weighted by atomic mass is 16.3. The Labute approximate surface area is 201 Å². The lowest BCUT2D eigenvalue weighted by molar-refractivity contribution is -0.141. The predicted octanol–water partition coefficient (Wildman–Crippen LogP) is 4.93. The number of aromatic hydroxyl groups is 1. The number of hydrogen-bond acceptors (Lipinski definition) is 3. The number of hydrogen-bond donors (Lipinski definition) is 2. The average molecular weight is 457 g/mol. The highest BCUT2D eigenvalue weighted by Gasteiger charge is 2.35. The Morgan fingerprint density at radius 1 is 0.941 bits per heavy atom. The Kier molecular flexibility index (Phi) is 7.63. The third kappa shape index (κ3) is 6.47. The van der Waals surface area contributed by atoms with E-state index in [4.69, 9.17) is 0 Å². The summed E-state index contributed by atoms with van der Waals surface area (Å²) in [6.07, 6.45) is 3.06. The van der Waals surface area contributed by atoms with Crippen LogP contribution in [0, 0.1) is 12.8 Å². The van der Waals surface area contributed by atoms with Crippen molar-refractivity contribution >= 4 is 11.8 Å². The van der Waals surface area contributed by atoms with Gasteiger partial charge in [0.05, 0.1) is 0 Å². The molecule has 5 heteroatoms. The molecule has 1 saturated carbocycles. The van der Waals surface area contributed by atoms with Crippen LogP contribution in [-0.2, 0) is 22.6 Å². The summed E-state index contributed by atoms with van der Waals surface area (Å²) in [5.74, 6) is 0.471. The Bertz CT molecular complexity index is 1090. The van der Waals surface area contributed by atoms with E-state index in [0.29, 0.717) is 31.8 Å². The van der Waals surface area contributed by atoms with Gasteiger partial charge in [-0.25, -0.2) is 0 Å². The van der Waals surface area contributed by atoms with E-state index < -0.39 is 6.04 Å². The smallest absolute Gasteiger partial charge is 0.247 e. The lowest BCUT2D eigenvalue weighted by Crippen LogP contribution is -2.44. The first kappa shape index (κ1) is 23.6. The summed E-state index contributed by atoms with van der Waals surface area (Å²) in [7, 11) is 0. The van der Waals surface area contributed by atoms with Gasteiger partial charge in [0.1, 0.15) is 11.8 Å². The summed E-state index contributed by atoms with van der Waals surface area (Å²) in [5.41, 5.74) is 3.94. The third-order valence-electron chi connectivity index (χ3n) is 6.30. The molecule has 0 aromatic heterocycles. The molecule has 1 aliphatic rings. The topological polar surface area (TPSA) is 69.6 Å². The number of phenolic OH excluding ortho intramolecular Hbond substituents is 1. The summed E-state index contributed by atoms with van der Waals surface area (Å²) in [6.45, 7) is 3.02. The van der Waals surface area contributed by atoms with Gasteiger partial charge in [0.25, 0.3) is 0 Å². The van der Waals surface area contributed by atoms with Crippen LogP contribution >= 0.6 is 0 Å². The zero-order valence-corrected chi connectivity index (χ0v) is 19.6. The minimum absolute atomic E-state index is 0.0274. The fourth-order valence-corrected chi connectivity index (χ4v) is 4.09. The average Bonchev–Trinajstić information content (AvgIpc) is 3.68. The molecule has 34 heavy (non-hydrogen) atoms. The molecule has 4 rings (SSSR count). The van der Waals surface area contributed by atoms with Crippen LogP contribution in [0.5, 0.6) is 5.75 Å². The van der Waals surface area contributed by atoms with Crippen LogP contribution in [0.3, 0.4) is 0 Å². The molecular formula is C29H32N2O3. The molecule has 0 heterocycles. The van der Waals surface area contributed by atoms with Gasteiger partial charge in [-0.2, -0.15) is 0 Å². The van der Waals surface area contributed by atoms with Crippen molar-refractivity contribution in [3.63, 3.8) is 0 Å². The van der Waals surface area contributed by atoms with Gasteiger partial charge < -0.3 is 15.3 Å². The number of carbonyl (C=O) groups excluding carboxylic acids is 2. The quantitative estimate of drug-likeness (QED) is 0.455. The van der Waals surface area contributed by atoms with E-state index in [1.54, 1.807) is 17.0 Å². The number of nitrogens with zero attached hydrogens (tertiary/aromatic N) is 1. The largest absolute Gasteiger partial charge is 0.508 e. The lowest BCUT2D eigenvalue weighted by atomic mass is 10.0. The molecule has 2 N–H and O–H groups in total. The number of benzene rings is 3. The van der Waals surface area contributed by atoms with E-state index in [2.05, 4.69) is 5.32 Å². The molecule has 3 aromatic carbocycles. The summed E-state index contributed by atoms with van der Waals surface area (Å²) < 4.78 is 0. The van der Waals surface area contributed by atoms with E-state index in [1.165, 1.54) is 0 Å². The number of amides is 2. The van der Waals surface area contributed by atoms with Crippen LogP contribution in [0.1, 0.15) is 47.6 Å². The van der Waals surface area contributed by atoms with Crippen LogP contribution in [0.15, 0.2) is 78.9 Å². The maximum absolute atomic E-state index is 13.5. The van der Waals surface area contributed by atoms with Crippen molar-refractivity contribution in [1.29, 1.82) is 0 Å². The molecule has 0 radical (unpaired) electrons. The number of phenols is 1. The van der Waals surface area contributed by atoms with Crippen LogP contribution in [0.25, 0.3) is 0 Å². The van der Waals surface area contributed by atoms with Crippen molar-refractivity contribution in [1.82, 2.24) is 10.2 Å². The van der Waals surface area contributed by atoms with Gasteiger partial charge in [-0.3, -0.25) is 9.59 Å². The lowest BCUT2D eigenvalue weighted by Gasteiger charge is -2.32. The molecular weight excluding hydrogens is 424 g/mol. The summed E-state index contributed by atoms with van der Waals surface area (Å²) in [4.78, 5) is 28.8. The van der Waals surface area contributed by atoms with Crippen molar-refractivity contribution in [2.75, 3.05) is 6.54 Å². The second-order valence-corrected chi connectivity index (χ2v) is 9.17. The maximum atomic E-state index is 13.5. The minimum atomic E-state index is -0.669. The number of aryl methyl sites for hydroxylation is 2. The number of rotatable bonds is 10. The van der Waals surface area contributed by atoms with Gasteiger partial charge in [-0.15, -0.1) is 0 Å². The first-order chi connectivity index (χ1) is 16.5. The zero-order chi connectivity index (χ0) is 23.9. The van der Waals surface area contributed by atoms with Crippen molar-refractivity contribution in [3.05, 3.63) is 101 Å². The van der Waals surface area contributed by atoms with Crippen molar-refractivity contribution in [3.8, 4) is 5.75 Å². The first-order valence-corrected chi connectivity index (χ1v) is 11.9. The Balaban J connectivity index is 1.55. The summed E-state index contributed by atoms with van der Waals surface area (Å²) in [6, 6.07) is 23.9. The van der Waals surface area contributed by atoms with Crippen LogP contribution in [0.2, 0.25) is 0 Å². The molecule has 0 spiro atoms. The Morgan fingerprint density at radius 2 is 1.62 bits per heavy atom. The molecule has 1 fully saturated rings. The zero-order valence-electron chi connectivity index (χ0n) is 19.6. The summed E-state index contributed by atoms with van der Waals surface area (Å²) >= 11 is 0. The van der Waals surface area contributed by atoms with E-state index in [1.807, 2.05) is 73.7 Å². The minimum Gasteiger partial charge on any atom is -0.508 e. The SMILES string of the molecule is Cc1ccc(C(C(=O)NCc2ccccc2)N(CC2CC2)C(=O)CCc2ccc(O)cc2)cc1. The standard InChI is InChI=1S/C29H32N2O3/c1-21-7-14-25(15-8-21)28(29(34)30-19-23-5-3-2-4-6-23)31(20-24-9-10-24)27(33)18-13-22-11-16-26(32)17-12-22/h2-8,11-12,14-17,24,28,32H,9-10,13,18-20H2,1H3,(H,30,34). The van der Waals surface area contributed by atoms with Crippen LogP contribution in [-0.4, -0.2) is 28.4 Å². The molecule has 1 atom stereocenters. The molecule has 5 nitrogen and oxygen atoms in total. The fourth-order valence-electron chi connectivity index (χ4n) is 4.09. The Morgan fingerprint density at radius 3 is 2.26 bits per heavy atom. The van der Waals surface area contributed by atoms with Crippen molar-refractivity contribution in [2.24, 2.45) is 5.92 Å². The normalized spacial score (nSPS) is 13.8. The van der Waals surface area contributed by atoms with Gasteiger partial charge in [-0.1, -0.05) is 72.3 Å². The van der Waals surface area contributed by atoms with Gasteiger partial charge in [0.2, 0.25) is 11.8 Å². The van der Waals surface area contributed by atoms with Crippen LogP contribution < -0.4 is 5.32 Å². The highest BCUT2D eigenvalue weighted by molar-refractivity contribution is 5.89. The number of nitrogens with one attached hydrogen (secondary N) is 1. The molecule has 3 aromatic rings. The summed E-state index contributed by atoms with van der Waals surface area (Å²) in [5, 5.41) is 12.6. The molecule has 1 aliphatic carbocycles. The van der Waals surface area contributed by atoms with E-state index >= 15 is 0 Å². The monoisotopic (exact) mass is 456 g/mol. The first-order valence-electron chi connectivity index (χ1n) is 11.9. The van der Waals surface area contributed by atoms with Gasteiger partial charge in [0.15, 0.2) is 0 Å². The fraction of sp³-hybridized carbons (Fsp3) is 0.310. The second-order valence-electron chi connectivity index (χ2n) is 9.17. The van der Waals surface area contributed by atoms with Gasteiger partial charge in [-0.05, 0) is 60.9 Å². The van der Waals surface area contributed by atoms with E-state index in [0.717, 1.165) is 35.1 Å². The number of carbonyl (C=O) groups is 2. The molecule has 176 valence electrons. The molecule has 2 amide bonds. The second kappa shape index (κ2) is 11.0. The highest BCUT2D eigenvalue weighted by Crippen LogP contribution is 2.34. The molecule has 0 saturated heterocycles. The molecule has 0 aliphatic heterocycles. The van der Waals surface area contributed by atoms with Gasteiger partial charge in [0, 0.05) is 19.5 Å². The predicted molar refractivity (Wildman–Crippen MR) is 133 cm³/mol. The van der Waals surface area contributed by atoms with E-state index in [9.17, 15) is 14.7 Å². The Hall–Kier alpha value is -3.60. The van der Waals surface area contributed by atoms with Gasteiger partial charge >= 0.3 is 0 Å². The maximum Gasteiger partial charge on any atom is 0.247 e.